The van der Waals surface area contributed by atoms with Gasteiger partial charge in [0.1, 0.15) is 0 Å². The number of sulfone groups is 1. The van der Waals surface area contributed by atoms with Crippen LogP contribution in [-0.2, 0) is 9.84 Å². The summed E-state index contributed by atoms with van der Waals surface area (Å²) in [5.41, 5.74) is 5.27. The fraction of sp³-hybridized carbons (Fsp3) is 0.300. The molecule has 0 aliphatic heterocycles. The lowest BCUT2D eigenvalue weighted by Crippen LogP contribution is -2.16. The van der Waals surface area contributed by atoms with Crippen molar-refractivity contribution in [1.82, 2.24) is 0 Å². The third-order valence-electron chi connectivity index (χ3n) is 2.07. The summed E-state index contributed by atoms with van der Waals surface area (Å²) < 4.78 is 23.5. The average molecular weight is 227 g/mol. The van der Waals surface area contributed by atoms with E-state index in [4.69, 9.17) is 5.73 Å². The molecule has 0 heterocycles. The molecule has 1 aromatic carbocycles. The fourth-order valence-corrected chi connectivity index (χ4v) is 2.20. The molecule has 4 nitrogen and oxygen atoms in total. The Morgan fingerprint density at radius 3 is 2.40 bits per heavy atom. The third kappa shape index (κ3) is 2.36. The highest BCUT2D eigenvalue weighted by molar-refractivity contribution is 7.92. The van der Waals surface area contributed by atoms with Crippen molar-refractivity contribution in [3.63, 3.8) is 0 Å². The zero-order valence-corrected chi connectivity index (χ0v) is 9.41. The molecule has 1 aromatic rings. The summed E-state index contributed by atoms with van der Waals surface area (Å²) in [6.45, 7) is 3.18. The fourth-order valence-electron chi connectivity index (χ4n) is 1.10. The van der Waals surface area contributed by atoms with Crippen LogP contribution in [0, 0.1) is 0 Å². The molecule has 0 bridgehead atoms. The van der Waals surface area contributed by atoms with Gasteiger partial charge >= 0.3 is 0 Å². The molecule has 0 saturated carbocycles. The van der Waals surface area contributed by atoms with Gasteiger partial charge in [0.05, 0.1) is 10.1 Å². The van der Waals surface area contributed by atoms with Crippen LogP contribution in [0.2, 0.25) is 0 Å². The highest BCUT2D eigenvalue weighted by Gasteiger charge is 2.19. The largest absolute Gasteiger partial charge is 0.366 e. The normalized spacial score (nSPS) is 11.7. The molecule has 0 aliphatic carbocycles. The maximum absolute atomic E-state index is 11.8. The number of rotatable bonds is 3. The Labute approximate surface area is 89.0 Å². The molecule has 2 N–H and O–H groups in total. The number of carbonyl (C=O) groups is 1. The third-order valence-corrected chi connectivity index (χ3v) is 4.22. The van der Waals surface area contributed by atoms with E-state index < -0.39 is 21.0 Å². The zero-order valence-electron chi connectivity index (χ0n) is 8.60. The van der Waals surface area contributed by atoms with Gasteiger partial charge in [0.2, 0.25) is 5.91 Å². The molecule has 0 radical (unpaired) electrons. The number of amides is 1. The van der Waals surface area contributed by atoms with Gasteiger partial charge in [-0.25, -0.2) is 8.42 Å². The maximum Gasteiger partial charge on any atom is 0.248 e. The van der Waals surface area contributed by atoms with E-state index in [1.807, 2.05) is 0 Å². The van der Waals surface area contributed by atoms with Crippen molar-refractivity contribution in [3.8, 4) is 0 Å². The van der Waals surface area contributed by atoms with Gasteiger partial charge in [0.15, 0.2) is 9.84 Å². The topological polar surface area (TPSA) is 77.2 Å². The van der Waals surface area contributed by atoms with Crippen LogP contribution in [0.3, 0.4) is 0 Å². The lowest BCUT2D eigenvalue weighted by atomic mass is 10.2. The van der Waals surface area contributed by atoms with Crippen molar-refractivity contribution in [2.24, 2.45) is 5.73 Å². The minimum absolute atomic E-state index is 0.133. The Bertz CT molecular complexity index is 477. The van der Waals surface area contributed by atoms with E-state index in [0.29, 0.717) is 0 Å². The molecular formula is C10H13NO3S. The second kappa shape index (κ2) is 4.02. The number of benzene rings is 1. The lowest BCUT2D eigenvalue weighted by Gasteiger charge is -2.08. The summed E-state index contributed by atoms with van der Waals surface area (Å²) in [5.74, 6) is -0.629. The minimum Gasteiger partial charge on any atom is -0.366 e. The van der Waals surface area contributed by atoms with E-state index in [-0.39, 0.29) is 10.5 Å². The minimum atomic E-state index is -3.34. The van der Waals surface area contributed by atoms with Gasteiger partial charge < -0.3 is 5.73 Å². The summed E-state index contributed by atoms with van der Waals surface area (Å²) in [6, 6.07) is 5.76. The summed E-state index contributed by atoms with van der Waals surface area (Å²) >= 11 is 0. The summed E-state index contributed by atoms with van der Waals surface area (Å²) in [4.78, 5) is 11.0. The van der Waals surface area contributed by atoms with Crippen molar-refractivity contribution < 1.29 is 13.2 Å². The van der Waals surface area contributed by atoms with Crippen LogP contribution in [0.5, 0.6) is 0 Å². The molecule has 0 fully saturated rings. The molecule has 82 valence electrons. The quantitative estimate of drug-likeness (QED) is 0.835. The van der Waals surface area contributed by atoms with Gasteiger partial charge in [-0.3, -0.25) is 4.79 Å². The van der Waals surface area contributed by atoms with Crippen LogP contribution in [0.15, 0.2) is 29.2 Å². The summed E-state index contributed by atoms with van der Waals surface area (Å²) in [7, 11) is -3.34. The van der Waals surface area contributed by atoms with Crippen molar-refractivity contribution in [1.29, 1.82) is 0 Å². The first-order chi connectivity index (χ1) is 6.85. The number of carbonyl (C=O) groups excluding carboxylic acids is 1. The molecule has 1 rings (SSSR count). The molecule has 0 aromatic heterocycles. The summed E-state index contributed by atoms with van der Waals surface area (Å²) in [6.07, 6.45) is 0. The monoisotopic (exact) mass is 227 g/mol. The molecule has 1 amide bonds. The first-order valence-corrected chi connectivity index (χ1v) is 6.04. The second-order valence-corrected chi connectivity index (χ2v) is 5.99. The van der Waals surface area contributed by atoms with Crippen molar-refractivity contribution in [2.45, 2.75) is 24.0 Å². The highest BCUT2D eigenvalue weighted by atomic mass is 32.2. The Kier molecular flexibility index (Phi) is 3.14. The van der Waals surface area contributed by atoms with Gasteiger partial charge in [-0.15, -0.1) is 0 Å². The standard InChI is InChI=1S/C10H13NO3S/c1-7(2)15(13,14)9-5-3-4-8(6-9)10(11)12/h3-7H,1-2H3,(H2,11,12). The van der Waals surface area contributed by atoms with E-state index >= 15 is 0 Å². The number of hydrogen-bond donors (Lipinski definition) is 1. The van der Waals surface area contributed by atoms with E-state index in [2.05, 4.69) is 0 Å². The Hall–Kier alpha value is -1.36. The predicted octanol–water partition coefficient (Wildman–Crippen LogP) is 0.968. The SMILES string of the molecule is CC(C)S(=O)(=O)c1cccc(C(N)=O)c1. The van der Waals surface area contributed by atoms with E-state index in [9.17, 15) is 13.2 Å². The smallest absolute Gasteiger partial charge is 0.248 e. The Morgan fingerprint density at radius 2 is 1.93 bits per heavy atom. The predicted molar refractivity (Wildman–Crippen MR) is 57.3 cm³/mol. The summed E-state index contributed by atoms with van der Waals surface area (Å²) in [5, 5.41) is -0.513. The van der Waals surface area contributed by atoms with Gasteiger partial charge in [-0.05, 0) is 32.0 Å². The van der Waals surface area contributed by atoms with E-state index in [1.165, 1.54) is 24.3 Å². The zero-order chi connectivity index (χ0) is 11.6. The lowest BCUT2D eigenvalue weighted by molar-refractivity contribution is 0.1000. The van der Waals surface area contributed by atoms with Gasteiger partial charge in [-0.1, -0.05) is 6.07 Å². The maximum atomic E-state index is 11.8. The van der Waals surface area contributed by atoms with E-state index in [1.54, 1.807) is 13.8 Å². The van der Waals surface area contributed by atoms with Crippen molar-refractivity contribution in [2.75, 3.05) is 0 Å². The molecular weight excluding hydrogens is 214 g/mol. The van der Waals surface area contributed by atoms with Gasteiger partial charge in [0.25, 0.3) is 0 Å². The number of hydrogen-bond acceptors (Lipinski definition) is 3. The van der Waals surface area contributed by atoms with Crippen LogP contribution < -0.4 is 5.73 Å². The molecule has 0 unspecified atom stereocenters. The Morgan fingerprint density at radius 1 is 1.33 bits per heavy atom. The van der Waals surface area contributed by atoms with Gasteiger partial charge in [0, 0.05) is 5.56 Å². The Balaban J connectivity index is 3.29. The van der Waals surface area contributed by atoms with Crippen LogP contribution in [0.25, 0.3) is 0 Å². The van der Waals surface area contributed by atoms with Crippen LogP contribution in [-0.4, -0.2) is 19.6 Å². The van der Waals surface area contributed by atoms with Gasteiger partial charge in [-0.2, -0.15) is 0 Å². The number of primary amides is 1. The molecule has 5 heteroatoms. The van der Waals surface area contributed by atoms with E-state index in [0.717, 1.165) is 0 Å². The molecule has 0 aliphatic rings. The first-order valence-electron chi connectivity index (χ1n) is 4.49. The van der Waals surface area contributed by atoms with Crippen molar-refractivity contribution >= 4 is 15.7 Å². The highest BCUT2D eigenvalue weighted by Crippen LogP contribution is 2.16. The molecule has 0 spiro atoms. The molecule has 0 saturated heterocycles. The van der Waals surface area contributed by atoms with Crippen LogP contribution in [0.4, 0.5) is 0 Å². The van der Waals surface area contributed by atoms with Crippen LogP contribution in [0.1, 0.15) is 24.2 Å². The van der Waals surface area contributed by atoms with Crippen molar-refractivity contribution in [3.05, 3.63) is 29.8 Å². The van der Waals surface area contributed by atoms with Crippen LogP contribution >= 0.6 is 0 Å². The average Bonchev–Trinajstić information content (AvgIpc) is 2.17. The number of nitrogens with two attached hydrogens (primary N) is 1. The first kappa shape index (κ1) is 11.7. The molecule has 0 atom stereocenters. The second-order valence-electron chi connectivity index (χ2n) is 3.49. The molecule has 15 heavy (non-hydrogen) atoms.